The molecule has 1 heterocycles. The molecule has 2 N–H and O–H groups in total. The molecule has 1 fully saturated rings. The van der Waals surface area contributed by atoms with Crippen molar-refractivity contribution in [2.45, 2.75) is 19.9 Å². The molecule has 0 bridgehead atoms. The van der Waals surface area contributed by atoms with Crippen molar-refractivity contribution in [1.29, 1.82) is 0 Å². The Morgan fingerprint density at radius 1 is 1.21 bits per heavy atom. The molecule has 29 heavy (non-hydrogen) atoms. The van der Waals surface area contributed by atoms with Gasteiger partial charge in [-0.3, -0.25) is 4.79 Å². The van der Waals surface area contributed by atoms with Gasteiger partial charge in [0.05, 0.1) is 25.9 Å². The van der Waals surface area contributed by atoms with Crippen molar-refractivity contribution in [3.63, 3.8) is 0 Å². The summed E-state index contributed by atoms with van der Waals surface area (Å²) in [5, 5.41) is 6.24. The molecule has 1 amide bonds. The lowest BCUT2D eigenvalue weighted by atomic mass is 10.1. The first-order valence-corrected chi connectivity index (χ1v) is 9.93. The van der Waals surface area contributed by atoms with Crippen molar-refractivity contribution < 1.29 is 18.7 Å². The number of anilines is 2. The third-order valence-electron chi connectivity index (χ3n) is 4.84. The topological polar surface area (TPSA) is 62.8 Å². The second-order valence-electron chi connectivity index (χ2n) is 6.91. The average molecular weight is 401 g/mol. The molecule has 0 aliphatic carbocycles. The van der Waals surface area contributed by atoms with Crippen molar-refractivity contribution in [1.82, 2.24) is 5.32 Å². The Kier molecular flexibility index (Phi) is 7.30. The lowest BCUT2D eigenvalue weighted by Crippen LogP contribution is -2.38. The minimum absolute atomic E-state index is 0.0903. The maximum Gasteiger partial charge on any atom is 0.253 e. The summed E-state index contributed by atoms with van der Waals surface area (Å²) in [4.78, 5) is 14.9. The summed E-state index contributed by atoms with van der Waals surface area (Å²) in [5.74, 6) is -0.264. The van der Waals surface area contributed by atoms with E-state index in [1.165, 1.54) is 13.2 Å². The highest BCUT2D eigenvalue weighted by atomic mass is 19.1. The van der Waals surface area contributed by atoms with Crippen molar-refractivity contribution in [3.05, 3.63) is 53.3 Å². The second kappa shape index (κ2) is 10.1. The summed E-state index contributed by atoms with van der Waals surface area (Å²) in [6.45, 7) is 5.91. The van der Waals surface area contributed by atoms with Gasteiger partial charge in [-0.15, -0.1) is 0 Å². The summed E-state index contributed by atoms with van der Waals surface area (Å²) in [7, 11) is 1.44. The highest BCUT2D eigenvalue weighted by molar-refractivity contribution is 6.00. The van der Waals surface area contributed by atoms with E-state index >= 15 is 0 Å². The highest BCUT2D eigenvalue weighted by Gasteiger charge is 2.19. The Labute approximate surface area is 171 Å². The van der Waals surface area contributed by atoms with Gasteiger partial charge in [-0.2, -0.15) is 0 Å². The van der Waals surface area contributed by atoms with E-state index in [1.54, 1.807) is 6.07 Å². The molecule has 2 aromatic rings. The standard InChI is InChI=1S/C22H28FN3O3/c1-3-8-24-22(27)18-14-17(5-6-20(18)26-9-11-29-12-10-26)25-15-16-4-7-21(28-2)19(23)13-16/h4-7,13-14,25H,3,8-12,15H2,1-2H3,(H,24,27). The first kappa shape index (κ1) is 20.9. The first-order chi connectivity index (χ1) is 14.1. The third-order valence-corrected chi connectivity index (χ3v) is 4.84. The van der Waals surface area contributed by atoms with Crippen LogP contribution in [-0.4, -0.2) is 45.9 Å². The van der Waals surface area contributed by atoms with Gasteiger partial charge in [0.2, 0.25) is 0 Å². The van der Waals surface area contributed by atoms with Gasteiger partial charge in [0.1, 0.15) is 0 Å². The van der Waals surface area contributed by atoms with Crippen LogP contribution in [0.4, 0.5) is 15.8 Å². The molecule has 156 valence electrons. The SMILES string of the molecule is CCCNC(=O)c1cc(NCc2ccc(OC)c(F)c2)ccc1N1CCOCC1. The van der Waals surface area contributed by atoms with Crippen LogP contribution >= 0.6 is 0 Å². The van der Waals surface area contributed by atoms with Crippen LogP contribution in [0, 0.1) is 5.82 Å². The summed E-state index contributed by atoms with van der Waals surface area (Å²) < 4.78 is 24.3. The zero-order chi connectivity index (χ0) is 20.6. The number of rotatable bonds is 8. The maximum absolute atomic E-state index is 13.9. The summed E-state index contributed by atoms with van der Waals surface area (Å²) in [6, 6.07) is 10.6. The van der Waals surface area contributed by atoms with Crippen LogP contribution in [0.25, 0.3) is 0 Å². The van der Waals surface area contributed by atoms with Gasteiger partial charge in [0.25, 0.3) is 5.91 Å². The van der Waals surface area contributed by atoms with Crippen molar-refractivity contribution in [2.75, 3.05) is 50.2 Å². The Hall–Kier alpha value is -2.80. The number of benzene rings is 2. The van der Waals surface area contributed by atoms with Crippen molar-refractivity contribution in [2.24, 2.45) is 0 Å². The number of carbonyl (C=O) groups excluding carboxylic acids is 1. The van der Waals surface area contributed by atoms with Crippen LogP contribution in [0.15, 0.2) is 36.4 Å². The maximum atomic E-state index is 13.9. The summed E-state index contributed by atoms with van der Waals surface area (Å²) in [5.41, 5.74) is 3.13. The van der Waals surface area contributed by atoms with Crippen LogP contribution in [0.2, 0.25) is 0 Å². The van der Waals surface area contributed by atoms with Gasteiger partial charge in [-0.25, -0.2) is 4.39 Å². The molecule has 1 aliphatic heterocycles. The molecule has 7 heteroatoms. The number of hydrogen-bond acceptors (Lipinski definition) is 5. The number of ether oxygens (including phenoxy) is 2. The van der Waals surface area contributed by atoms with Gasteiger partial charge < -0.3 is 25.0 Å². The third kappa shape index (κ3) is 5.38. The Balaban J connectivity index is 1.78. The quantitative estimate of drug-likeness (QED) is 0.710. The van der Waals surface area contributed by atoms with Gasteiger partial charge in [-0.05, 0) is 42.3 Å². The molecule has 1 aliphatic rings. The monoisotopic (exact) mass is 401 g/mol. The fourth-order valence-electron chi connectivity index (χ4n) is 3.27. The number of methoxy groups -OCH3 is 1. The zero-order valence-electron chi connectivity index (χ0n) is 17.0. The smallest absolute Gasteiger partial charge is 0.253 e. The molecule has 6 nitrogen and oxygen atoms in total. The molecule has 0 atom stereocenters. The molecular formula is C22H28FN3O3. The Bertz CT molecular complexity index is 838. The van der Waals surface area contributed by atoms with Gasteiger partial charge in [0.15, 0.2) is 11.6 Å². The Morgan fingerprint density at radius 3 is 2.69 bits per heavy atom. The Morgan fingerprint density at radius 2 is 2.00 bits per heavy atom. The first-order valence-electron chi connectivity index (χ1n) is 9.93. The number of nitrogens with zero attached hydrogens (tertiary/aromatic N) is 1. The normalized spacial score (nSPS) is 13.8. The average Bonchev–Trinajstić information content (AvgIpc) is 2.76. The minimum Gasteiger partial charge on any atom is -0.494 e. The van der Waals surface area contributed by atoms with Gasteiger partial charge >= 0.3 is 0 Å². The number of amides is 1. The molecule has 2 aromatic carbocycles. The fourth-order valence-corrected chi connectivity index (χ4v) is 3.27. The number of hydrogen-bond donors (Lipinski definition) is 2. The predicted octanol–water partition coefficient (Wildman–Crippen LogP) is 3.42. The molecule has 1 saturated heterocycles. The van der Waals surface area contributed by atoms with E-state index in [1.807, 2.05) is 31.2 Å². The predicted molar refractivity (Wildman–Crippen MR) is 112 cm³/mol. The van der Waals surface area contributed by atoms with Crippen LogP contribution in [-0.2, 0) is 11.3 Å². The van der Waals surface area contributed by atoms with Crippen LogP contribution in [0.1, 0.15) is 29.3 Å². The zero-order valence-corrected chi connectivity index (χ0v) is 17.0. The van der Waals surface area contributed by atoms with E-state index in [9.17, 15) is 9.18 Å². The van der Waals surface area contributed by atoms with E-state index in [-0.39, 0.29) is 11.7 Å². The van der Waals surface area contributed by atoms with E-state index in [4.69, 9.17) is 9.47 Å². The lowest BCUT2D eigenvalue weighted by molar-refractivity contribution is 0.0952. The summed E-state index contributed by atoms with van der Waals surface area (Å²) >= 11 is 0. The van der Waals surface area contributed by atoms with E-state index in [2.05, 4.69) is 15.5 Å². The molecule has 0 radical (unpaired) electrons. The number of carbonyl (C=O) groups is 1. The number of morpholine rings is 1. The van der Waals surface area contributed by atoms with E-state index < -0.39 is 5.82 Å². The largest absolute Gasteiger partial charge is 0.494 e. The van der Waals surface area contributed by atoms with E-state index in [0.29, 0.717) is 31.9 Å². The summed E-state index contributed by atoms with van der Waals surface area (Å²) in [6.07, 6.45) is 0.875. The van der Waals surface area contributed by atoms with Crippen molar-refractivity contribution in [3.8, 4) is 5.75 Å². The molecule has 0 unspecified atom stereocenters. The minimum atomic E-state index is -0.394. The molecule has 0 aromatic heterocycles. The second-order valence-corrected chi connectivity index (χ2v) is 6.91. The number of halogens is 1. The lowest BCUT2D eigenvalue weighted by Gasteiger charge is -2.30. The van der Waals surface area contributed by atoms with Gasteiger partial charge in [0, 0.05) is 37.6 Å². The van der Waals surface area contributed by atoms with Gasteiger partial charge in [-0.1, -0.05) is 13.0 Å². The van der Waals surface area contributed by atoms with Crippen LogP contribution < -0.4 is 20.3 Å². The molecule has 0 spiro atoms. The molecule has 3 rings (SSSR count). The number of nitrogens with one attached hydrogen (secondary N) is 2. The highest BCUT2D eigenvalue weighted by Crippen LogP contribution is 2.26. The van der Waals surface area contributed by atoms with Crippen LogP contribution in [0.5, 0.6) is 5.75 Å². The van der Waals surface area contributed by atoms with Crippen LogP contribution in [0.3, 0.4) is 0 Å². The van der Waals surface area contributed by atoms with E-state index in [0.717, 1.165) is 36.4 Å². The van der Waals surface area contributed by atoms with Crippen molar-refractivity contribution >= 4 is 17.3 Å². The molecular weight excluding hydrogens is 373 g/mol. The molecule has 0 saturated carbocycles. The fraction of sp³-hybridized carbons (Fsp3) is 0.409.